The number of carbonyl (C=O) groups is 2. The zero-order valence-corrected chi connectivity index (χ0v) is 15.5. The van der Waals surface area contributed by atoms with Gasteiger partial charge in [0.25, 0.3) is 5.91 Å². The number of benzene rings is 1. The van der Waals surface area contributed by atoms with E-state index in [1.54, 1.807) is 25.1 Å². The Morgan fingerprint density at radius 3 is 2.56 bits per heavy atom. The molecule has 0 aliphatic heterocycles. The molecule has 3 aromatic rings. The highest BCUT2D eigenvalue weighted by Gasteiger charge is 2.23. The fraction of sp³-hybridized carbons (Fsp3) is 0.222. The Balaban J connectivity index is 2.30. The van der Waals surface area contributed by atoms with E-state index in [9.17, 15) is 14.7 Å². The lowest BCUT2D eigenvalue weighted by Gasteiger charge is -2.07. The first kappa shape index (κ1) is 17.5. The van der Waals surface area contributed by atoms with Crippen LogP contribution >= 0.6 is 22.9 Å². The summed E-state index contributed by atoms with van der Waals surface area (Å²) in [4.78, 5) is 25.9. The molecule has 0 bridgehead atoms. The maximum absolute atomic E-state index is 13.0. The molecule has 1 N–H and O–H groups in total. The summed E-state index contributed by atoms with van der Waals surface area (Å²) in [5.74, 6) is -0.716. The van der Waals surface area contributed by atoms with Crippen molar-refractivity contribution in [1.29, 1.82) is 0 Å². The molecule has 0 amide bonds. The molecule has 25 heavy (non-hydrogen) atoms. The topological polar surface area (TPSA) is 68.5 Å². The second-order valence-electron chi connectivity index (χ2n) is 5.69. The highest BCUT2D eigenvalue weighted by molar-refractivity contribution is 7.14. The number of aliphatic carboxylic acids is 1. The Morgan fingerprint density at radius 2 is 2.00 bits per heavy atom. The van der Waals surface area contributed by atoms with E-state index in [2.05, 4.69) is 0 Å². The number of carboxylic acids is 1. The van der Waals surface area contributed by atoms with Crippen molar-refractivity contribution >= 4 is 45.7 Å². The van der Waals surface area contributed by atoms with Crippen LogP contribution in [0.3, 0.4) is 0 Å². The van der Waals surface area contributed by atoms with Crippen LogP contribution in [0.15, 0.2) is 24.3 Å². The third kappa shape index (κ3) is 3.03. The number of halogens is 1. The number of aryl methyl sites for hydroxylation is 1. The van der Waals surface area contributed by atoms with E-state index in [-0.39, 0.29) is 12.3 Å². The molecule has 0 radical (unpaired) electrons. The van der Waals surface area contributed by atoms with Crippen molar-refractivity contribution in [3.8, 4) is 5.75 Å². The van der Waals surface area contributed by atoms with E-state index < -0.39 is 5.97 Å². The van der Waals surface area contributed by atoms with Gasteiger partial charge in [0.15, 0.2) is 0 Å². The normalized spacial score (nSPS) is 11.0. The van der Waals surface area contributed by atoms with E-state index in [0.717, 1.165) is 4.88 Å². The highest BCUT2D eigenvalue weighted by Crippen LogP contribution is 2.35. The number of rotatable bonds is 4. The summed E-state index contributed by atoms with van der Waals surface area (Å²) in [6.45, 7) is 3.68. The maximum Gasteiger partial charge on any atom is 0.307 e. The van der Waals surface area contributed by atoms with Crippen molar-refractivity contribution in [3.63, 3.8) is 0 Å². The van der Waals surface area contributed by atoms with Crippen LogP contribution in [0, 0.1) is 13.8 Å². The summed E-state index contributed by atoms with van der Waals surface area (Å²) >= 11 is 7.63. The molecule has 0 saturated heterocycles. The second kappa shape index (κ2) is 6.54. The Hall–Kier alpha value is -2.31. The molecule has 0 fully saturated rings. The third-order valence-corrected chi connectivity index (χ3v) is 5.37. The molecule has 0 spiro atoms. The van der Waals surface area contributed by atoms with Gasteiger partial charge in [-0.3, -0.25) is 14.2 Å². The number of carbonyl (C=O) groups excluding carboxylic acids is 1. The zero-order valence-electron chi connectivity index (χ0n) is 13.9. The zero-order chi connectivity index (χ0) is 18.3. The first-order valence-electron chi connectivity index (χ1n) is 7.53. The lowest BCUT2D eigenvalue weighted by atomic mass is 10.1. The Kier molecular flexibility index (Phi) is 4.58. The second-order valence-corrected chi connectivity index (χ2v) is 7.38. The summed E-state index contributed by atoms with van der Waals surface area (Å²) in [5, 5.41) is 10.3. The maximum atomic E-state index is 13.0. The molecular weight excluding hydrogens is 362 g/mol. The first-order valence-corrected chi connectivity index (χ1v) is 8.73. The standard InChI is InChI=1S/C18H16ClNO4S/c1-9-4-5-16(25-9)18(23)20-10(2)11(7-17(21)22)12-6-15(24-3)13(19)8-14(12)20/h4-6,8H,7H2,1-3H3,(H,21,22). The molecular formula is C18H16ClNO4S. The van der Waals surface area contributed by atoms with E-state index in [1.807, 2.05) is 13.0 Å². The van der Waals surface area contributed by atoms with Crippen molar-refractivity contribution in [2.24, 2.45) is 0 Å². The lowest BCUT2D eigenvalue weighted by Crippen LogP contribution is -2.12. The van der Waals surface area contributed by atoms with Gasteiger partial charge < -0.3 is 9.84 Å². The van der Waals surface area contributed by atoms with Crippen molar-refractivity contribution in [1.82, 2.24) is 4.57 Å². The lowest BCUT2D eigenvalue weighted by molar-refractivity contribution is -0.136. The van der Waals surface area contributed by atoms with Crippen LogP contribution in [0.1, 0.15) is 25.8 Å². The predicted octanol–water partition coefficient (Wildman–Crippen LogP) is 4.30. The van der Waals surface area contributed by atoms with E-state index in [4.69, 9.17) is 16.3 Å². The molecule has 5 nitrogen and oxygen atoms in total. The van der Waals surface area contributed by atoms with Crippen LogP contribution in [-0.4, -0.2) is 28.7 Å². The van der Waals surface area contributed by atoms with Gasteiger partial charge in [0.05, 0.1) is 28.9 Å². The van der Waals surface area contributed by atoms with Gasteiger partial charge in [-0.25, -0.2) is 0 Å². The molecule has 7 heteroatoms. The molecule has 3 rings (SSSR count). The molecule has 0 saturated carbocycles. The fourth-order valence-corrected chi connectivity index (χ4v) is 3.97. The summed E-state index contributed by atoms with van der Waals surface area (Å²) in [7, 11) is 1.49. The SMILES string of the molecule is COc1cc2c(CC(=O)O)c(C)n(C(=O)c3ccc(C)s3)c2cc1Cl. The summed E-state index contributed by atoms with van der Waals surface area (Å²) in [6.07, 6.45) is -0.184. The number of carboxylic acid groups (broad SMARTS) is 1. The Bertz CT molecular complexity index is 1000. The van der Waals surface area contributed by atoms with E-state index >= 15 is 0 Å². The fourth-order valence-electron chi connectivity index (χ4n) is 2.93. The number of ether oxygens (including phenoxy) is 1. The van der Waals surface area contributed by atoms with E-state index in [0.29, 0.717) is 37.8 Å². The average molecular weight is 378 g/mol. The van der Waals surface area contributed by atoms with Crippen molar-refractivity contribution in [2.75, 3.05) is 7.11 Å². The molecule has 2 aromatic heterocycles. The van der Waals surface area contributed by atoms with Gasteiger partial charge in [-0.1, -0.05) is 11.6 Å². The minimum absolute atomic E-state index is 0.184. The van der Waals surface area contributed by atoms with Gasteiger partial charge >= 0.3 is 5.97 Å². The van der Waals surface area contributed by atoms with Crippen LogP contribution in [0.5, 0.6) is 5.75 Å². The number of hydrogen-bond acceptors (Lipinski definition) is 4. The Morgan fingerprint density at radius 1 is 1.28 bits per heavy atom. The Labute approximate surface area is 153 Å². The predicted molar refractivity (Wildman–Crippen MR) is 98.4 cm³/mol. The van der Waals surface area contributed by atoms with Crippen molar-refractivity contribution < 1.29 is 19.4 Å². The van der Waals surface area contributed by atoms with Gasteiger partial charge in [0.1, 0.15) is 5.75 Å². The molecule has 130 valence electrons. The van der Waals surface area contributed by atoms with Gasteiger partial charge in [-0.15, -0.1) is 11.3 Å². The third-order valence-electron chi connectivity index (χ3n) is 4.09. The summed E-state index contributed by atoms with van der Waals surface area (Å²) < 4.78 is 6.77. The number of thiophene rings is 1. The molecule has 2 heterocycles. The van der Waals surface area contributed by atoms with Gasteiger partial charge in [0, 0.05) is 16.0 Å². The smallest absolute Gasteiger partial charge is 0.307 e. The summed E-state index contributed by atoms with van der Waals surface area (Å²) in [5.41, 5.74) is 1.76. The van der Waals surface area contributed by atoms with E-state index in [1.165, 1.54) is 23.0 Å². The van der Waals surface area contributed by atoms with Gasteiger partial charge in [-0.05, 0) is 43.7 Å². The first-order chi connectivity index (χ1) is 11.8. The van der Waals surface area contributed by atoms with Crippen LogP contribution in [0.25, 0.3) is 10.9 Å². The number of nitrogens with zero attached hydrogens (tertiary/aromatic N) is 1. The van der Waals surface area contributed by atoms with Crippen LogP contribution in [-0.2, 0) is 11.2 Å². The molecule has 0 unspecified atom stereocenters. The highest BCUT2D eigenvalue weighted by atomic mass is 35.5. The van der Waals surface area contributed by atoms with Crippen molar-refractivity contribution in [2.45, 2.75) is 20.3 Å². The van der Waals surface area contributed by atoms with Crippen LogP contribution in [0.2, 0.25) is 5.02 Å². The summed E-state index contributed by atoms with van der Waals surface area (Å²) in [6, 6.07) is 6.99. The van der Waals surface area contributed by atoms with Gasteiger partial charge in [0.2, 0.25) is 0 Å². The molecule has 0 aliphatic carbocycles. The van der Waals surface area contributed by atoms with Gasteiger partial charge in [-0.2, -0.15) is 0 Å². The average Bonchev–Trinajstić information content (AvgIpc) is 3.08. The largest absolute Gasteiger partial charge is 0.495 e. The van der Waals surface area contributed by atoms with Crippen molar-refractivity contribution in [3.05, 3.63) is 50.3 Å². The van der Waals surface area contributed by atoms with Crippen LogP contribution in [0.4, 0.5) is 0 Å². The molecule has 0 atom stereocenters. The monoisotopic (exact) mass is 377 g/mol. The number of aromatic nitrogens is 1. The molecule has 1 aromatic carbocycles. The number of fused-ring (bicyclic) bond motifs is 1. The minimum atomic E-state index is -0.963. The molecule has 0 aliphatic rings. The quantitative estimate of drug-likeness (QED) is 0.736. The number of methoxy groups -OCH3 is 1. The van der Waals surface area contributed by atoms with Crippen LogP contribution < -0.4 is 4.74 Å². The minimum Gasteiger partial charge on any atom is -0.495 e. The number of hydrogen-bond donors (Lipinski definition) is 1.